The highest BCUT2D eigenvalue weighted by molar-refractivity contribution is 5.49. The largest absolute Gasteiger partial charge is 0.361 e. The van der Waals surface area contributed by atoms with Crippen LogP contribution in [0.25, 0.3) is 0 Å². The van der Waals surface area contributed by atoms with E-state index in [1.807, 2.05) is 0 Å². The topological polar surface area (TPSA) is 43.1 Å². The minimum atomic E-state index is 0.509. The summed E-state index contributed by atoms with van der Waals surface area (Å²) in [4.78, 5) is 9.84. The zero-order chi connectivity index (χ0) is 6.53. The molecule has 0 saturated carbocycles. The van der Waals surface area contributed by atoms with Gasteiger partial charge in [-0.25, -0.2) is 0 Å². The van der Waals surface area contributed by atoms with Crippen molar-refractivity contribution in [3.63, 3.8) is 0 Å². The third kappa shape index (κ3) is 1.68. The zero-order valence-electron chi connectivity index (χ0n) is 4.91. The molecule has 48 valence electrons. The third-order valence-corrected chi connectivity index (χ3v) is 1.000. The normalized spacial score (nSPS) is 9.33. The summed E-state index contributed by atoms with van der Waals surface area (Å²) in [6.45, 7) is 0. The second-order valence-corrected chi connectivity index (χ2v) is 1.68. The Hall–Kier alpha value is -1.12. The van der Waals surface area contributed by atoms with E-state index in [1.54, 1.807) is 12.3 Å². The van der Waals surface area contributed by atoms with Gasteiger partial charge in [0.2, 0.25) is 0 Å². The van der Waals surface area contributed by atoms with Crippen LogP contribution in [0.5, 0.6) is 0 Å². The van der Waals surface area contributed by atoms with E-state index in [0.29, 0.717) is 12.8 Å². The molecule has 0 amide bonds. The highest BCUT2D eigenvalue weighted by Crippen LogP contribution is 1.98. The first-order valence-corrected chi connectivity index (χ1v) is 2.76. The molecule has 0 bridgehead atoms. The molecule has 0 aliphatic rings. The van der Waals surface area contributed by atoms with Crippen LogP contribution in [0.3, 0.4) is 0 Å². The van der Waals surface area contributed by atoms with E-state index in [4.69, 9.17) is 4.52 Å². The van der Waals surface area contributed by atoms with Crippen LogP contribution in [0.1, 0.15) is 12.2 Å². The predicted molar refractivity (Wildman–Crippen MR) is 30.9 cm³/mol. The lowest BCUT2D eigenvalue weighted by atomic mass is 10.3. The minimum absolute atomic E-state index is 0.509. The minimum Gasteiger partial charge on any atom is -0.361 e. The lowest BCUT2D eigenvalue weighted by Crippen LogP contribution is -1.80. The smallest absolute Gasteiger partial charge is 0.137 e. The highest BCUT2D eigenvalue weighted by Gasteiger charge is 1.93. The van der Waals surface area contributed by atoms with Crippen LogP contribution in [0.4, 0.5) is 0 Å². The molecule has 0 saturated heterocycles. The van der Waals surface area contributed by atoms with Gasteiger partial charge >= 0.3 is 0 Å². The van der Waals surface area contributed by atoms with E-state index in [0.717, 1.165) is 12.0 Å². The summed E-state index contributed by atoms with van der Waals surface area (Å²) in [6, 6.07) is 1.75. The number of aromatic nitrogens is 1. The van der Waals surface area contributed by atoms with E-state index in [9.17, 15) is 4.79 Å². The summed E-state index contributed by atoms with van der Waals surface area (Å²) >= 11 is 0. The van der Waals surface area contributed by atoms with Gasteiger partial charge in [-0.15, -0.1) is 0 Å². The van der Waals surface area contributed by atoms with E-state index in [1.165, 1.54) is 0 Å². The fourth-order valence-electron chi connectivity index (χ4n) is 0.572. The van der Waals surface area contributed by atoms with Crippen molar-refractivity contribution in [2.45, 2.75) is 12.8 Å². The number of nitrogens with zero attached hydrogens (tertiary/aromatic N) is 1. The molecule has 1 aromatic rings. The van der Waals surface area contributed by atoms with E-state index in [-0.39, 0.29) is 0 Å². The average molecular weight is 125 g/mol. The molecule has 3 nitrogen and oxygen atoms in total. The number of aldehydes is 1. The maximum Gasteiger partial charge on any atom is 0.137 e. The van der Waals surface area contributed by atoms with Crippen molar-refractivity contribution in [3.05, 3.63) is 18.0 Å². The van der Waals surface area contributed by atoms with E-state index in [2.05, 4.69) is 5.16 Å². The summed E-state index contributed by atoms with van der Waals surface area (Å²) in [5, 5.41) is 3.48. The Kier molecular flexibility index (Phi) is 2.01. The molecule has 1 heterocycles. The first-order chi connectivity index (χ1) is 4.43. The van der Waals surface area contributed by atoms with Gasteiger partial charge in [-0.1, -0.05) is 5.16 Å². The summed E-state index contributed by atoms with van der Waals surface area (Å²) < 4.78 is 4.73. The molecule has 3 heteroatoms. The highest BCUT2D eigenvalue weighted by atomic mass is 16.5. The molecule has 1 rings (SSSR count). The van der Waals surface area contributed by atoms with Crippen molar-refractivity contribution < 1.29 is 9.32 Å². The van der Waals surface area contributed by atoms with Crippen LogP contribution >= 0.6 is 0 Å². The quantitative estimate of drug-likeness (QED) is 0.561. The Labute approximate surface area is 52.7 Å². The number of rotatable bonds is 3. The first-order valence-electron chi connectivity index (χ1n) is 2.76. The molecule has 0 spiro atoms. The second-order valence-electron chi connectivity index (χ2n) is 1.68. The van der Waals surface area contributed by atoms with Gasteiger partial charge < -0.3 is 9.32 Å². The summed E-state index contributed by atoms with van der Waals surface area (Å²) in [6.07, 6.45) is 3.60. The van der Waals surface area contributed by atoms with Gasteiger partial charge in [-0.05, 0) is 0 Å². The standard InChI is InChI=1S/C6H7NO2/c8-5-1-2-6-3-4-7-9-6/h3-5H,1-2H2. The number of aryl methyl sites for hydroxylation is 1. The molecule has 0 aliphatic heterocycles. The van der Waals surface area contributed by atoms with Crippen LogP contribution in [0.15, 0.2) is 16.8 Å². The maximum atomic E-state index is 9.84. The molecule has 0 unspecified atom stereocenters. The second kappa shape index (κ2) is 3.02. The van der Waals surface area contributed by atoms with Gasteiger partial charge in [0, 0.05) is 18.9 Å². The molecule has 0 fully saturated rings. The molecular formula is C6H7NO2. The lowest BCUT2D eigenvalue weighted by molar-refractivity contribution is -0.107. The molecule has 0 N–H and O–H groups in total. The van der Waals surface area contributed by atoms with E-state index >= 15 is 0 Å². The molecule has 0 radical (unpaired) electrons. The van der Waals surface area contributed by atoms with Gasteiger partial charge in [0.1, 0.15) is 12.0 Å². The number of carbonyl (C=O) groups is 1. The fourth-order valence-corrected chi connectivity index (χ4v) is 0.572. The number of hydrogen-bond acceptors (Lipinski definition) is 3. The summed E-state index contributed by atoms with van der Waals surface area (Å²) in [7, 11) is 0. The van der Waals surface area contributed by atoms with Crippen LogP contribution < -0.4 is 0 Å². The molecule has 0 atom stereocenters. The Balaban J connectivity index is 2.38. The van der Waals surface area contributed by atoms with Gasteiger partial charge in [0.05, 0.1) is 6.20 Å². The Morgan fingerprint density at radius 3 is 3.22 bits per heavy atom. The fraction of sp³-hybridized carbons (Fsp3) is 0.333. The first kappa shape index (κ1) is 6.01. The lowest BCUT2D eigenvalue weighted by Gasteiger charge is -1.83. The zero-order valence-corrected chi connectivity index (χ0v) is 4.91. The average Bonchev–Trinajstić information content (AvgIpc) is 2.34. The number of hydrogen-bond donors (Lipinski definition) is 0. The van der Waals surface area contributed by atoms with Crippen molar-refractivity contribution >= 4 is 6.29 Å². The van der Waals surface area contributed by atoms with Gasteiger partial charge in [0.25, 0.3) is 0 Å². The van der Waals surface area contributed by atoms with Crippen molar-refractivity contribution in [2.75, 3.05) is 0 Å². The van der Waals surface area contributed by atoms with Gasteiger partial charge in [-0.3, -0.25) is 0 Å². The maximum absolute atomic E-state index is 9.84. The third-order valence-electron chi connectivity index (χ3n) is 1.000. The SMILES string of the molecule is O=CCCc1ccno1. The van der Waals surface area contributed by atoms with Crippen LogP contribution in [-0.2, 0) is 11.2 Å². The molecule has 0 aromatic carbocycles. The van der Waals surface area contributed by atoms with Crippen molar-refractivity contribution in [3.8, 4) is 0 Å². The monoisotopic (exact) mass is 125 g/mol. The van der Waals surface area contributed by atoms with Crippen molar-refractivity contribution in [1.29, 1.82) is 0 Å². The van der Waals surface area contributed by atoms with Crippen molar-refractivity contribution in [2.24, 2.45) is 0 Å². The molecule has 1 aromatic heterocycles. The Bertz CT molecular complexity index is 169. The molecule has 0 aliphatic carbocycles. The summed E-state index contributed by atoms with van der Waals surface area (Å²) in [5.74, 6) is 0.766. The van der Waals surface area contributed by atoms with Crippen molar-refractivity contribution in [1.82, 2.24) is 5.16 Å². The number of carbonyl (C=O) groups excluding carboxylic acids is 1. The summed E-state index contributed by atoms with van der Waals surface area (Å²) in [5.41, 5.74) is 0. The van der Waals surface area contributed by atoms with Crippen LogP contribution in [0, 0.1) is 0 Å². The van der Waals surface area contributed by atoms with Gasteiger partial charge in [0.15, 0.2) is 0 Å². The van der Waals surface area contributed by atoms with E-state index < -0.39 is 0 Å². The molecule has 9 heavy (non-hydrogen) atoms. The van der Waals surface area contributed by atoms with Crippen LogP contribution in [-0.4, -0.2) is 11.4 Å². The Morgan fingerprint density at radius 1 is 1.78 bits per heavy atom. The molecular weight excluding hydrogens is 118 g/mol. The van der Waals surface area contributed by atoms with Gasteiger partial charge in [-0.2, -0.15) is 0 Å². The van der Waals surface area contributed by atoms with Crippen LogP contribution in [0.2, 0.25) is 0 Å². The Morgan fingerprint density at radius 2 is 2.67 bits per heavy atom. The predicted octanol–water partition coefficient (Wildman–Crippen LogP) is 0.806.